The van der Waals surface area contributed by atoms with Gasteiger partial charge in [-0.2, -0.15) is 0 Å². The Morgan fingerprint density at radius 2 is 2.16 bits per heavy atom. The molecule has 2 atom stereocenters. The van der Waals surface area contributed by atoms with Crippen LogP contribution < -0.4 is 10.6 Å². The van der Waals surface area contributed by atoms with Gasteiger partial charge in [-0.05, 0) is 26.0 Å². The second-order valence-corrected chi connectivity index (χ2v) is 5.23. The summed E-state index contributed by atoms with van der Waals surface area (Å²) in [6.45, 7) is 4.84. The van der Waals surface area contributed by atoms with E-state index in [1.165, 1.54) is 5.56 Å². The molecule has 0 aliphatic carbocycles. The summed E-state index contributed by atoms with van der Waals surface area (Å²) in [5.74, 6) is 0.0917. The number of hydrogen-bond acceptors (Lipinski definition) is 3. The third-order valence-corrected chi connectivity index (χ3v) is 3.69. The largest absolute Gasteiger partial charge is 0.351 e. The SMILES string of the molecule is CNC(C)C(=O)NC1CCN(Cc2ccccc2)C1. The maximum Gasteiger partial charge on any atom is 0.237 e. The molecular formula is C15H23N3O. The zero-order valence-corrected chi connectivity index (χ0v) is 11.7. The lowest BCUT2D eigenvalue weighted by atomic mass is 10.2. The van der Waals surface area contributed by atoms with Gasteiger partial charge in [0, 0.05) is 25.7 Å². The first-order valence-electron chi connectivity index (χ1n) is 6.93. The molecule has 4 heteroatoms. The Hall–Kier alpha value is -1.39. The highest BCUT2D eigenvalue weighted by molar-refractivity contribution is 5.81. The zero-order valence-electron chi connectivity index (χ0n) is 11.7. The molecule has 1 fully saturated rings. The van der Waals surface area contributed by atoms with Crippen LogP contribution in [0, 0.1) is 0 Å². The summed E-state index contributed by atoms with van der Waals surface area (Å²) in [5, 5.41) is 6.07. The van der Waals surface area contributed by atoms with Gasteiger partial charge in [-0.15, -0.1) is 0 Å². The van der Waals surface area contributed by atoms with E-state index in [0.717, 1.165) is 26.1 Å². The molecule has 0 spiro atoms. The molecule has 1 amide bonds. The molecule has 0 radical (unpaired) electrons. The lowest BCUT2D eigenvalue weighted by molar-refractivity contribution is -0.123. The minimum atomic E-state index is -0.122. The number of rotatable bonds is 5. The van der Waals surface area contributed by atoms with E-state index < -0.39 is 0 Å². The van der Waals surface area contributed by atoms with Gasteiger partial charge in [0.05, 0.1) is 6.04 Å². The summed E-state index contributed by atoms with van der Waals surface area (Å²) < 4.78 is 0. The standard InChI is InChI=1S/C15H23N3O/c1-12(16-2)15(19)17-14-8-9-18(11-14)10-13-6-4-3-5-7-13/h3-7,12,14,16H,8-11H2,1-2H3,(H,17,19). The van der Waals surface area contributed by atoms with Crippen LogP contribution in [0.4, 0.5) is 0 Å². The van der Waals surface area contributed by atoms with Crippen LogP contribution in [0.2, 0.25) is 0 Å². The normalized spacial score (nSPS) is 21.3. The Balaban J connectivity index is 1.79. The Kier molecular flexibility index (Phi) is 4.93. The Morgan fingerprint density at radius 1 is 1.42 bits per heavy atom. The number of nitrogens with zero attached hydrogens (tertiary/aromatic N) is 1. The van der Waals surface area contributed by atoms with Crippen LogP contribution in [0.25, 0.3) is 0 Å². The number of likely N-dealkylation sites (N-methyl/N-ethyl adjacent to an activating group) is 1. The second kappa shape index (κ2) is 6.68. The first kappa shape index (κ1) is 14.0. The van der Waals surface area contributed by atoms with Crippen molar-refractivity contribution in [3.63, 3.8) is 0 Å². The summed E-state index contributed by atoms with van der Waals surface area (Å²) in [7, 11) is 1.81. The van der Waals surface area contributed by atoms with Gasteiger partial charge in [-0.3, -0.25) is 9.69 Å². The van der Waals surface area contributed by atoms with E-state index in [4.69, 9.17) is 0 Å². The average molecular weight is 261 g/mol. The first-order valence-corrected chi connectivity index (χ1v) is 6.93. The third-order valence-electron chi connectivity index (χ3n) is 3.69. The van der Waals surface area contributed by atoms with Gasteiger partial charge in [0.25, 0.3) is 0 Å². The summed E-state index contributed by atoms with van der Waals surface area (Å²) >= 11 is 0. The van der Waals surface area contributed by atoms with Crippen LogP contribution in [-0.2, 0) is 11.3 Å². The molecule has 104 valence electrons. The lowest BCUT2D eigenvalue weighted by Gasteiger charge is -2.18. The summed E-state index contributed by atoms with van der Waals surface area (Å²) in [6, 6.07) is 10.6. The molecule has 0 bridgehead atoms. The van der Waals surface area contributed by atoms with E-state index >= 15 is 0 Å². The van der Waals surface area contributed by atoms with E-state index in [-0.39, 0.29) is 18.0 Å². The van der Waals surface area contributed by atoms with Gasteiger partial charge < -0.3 is 10.6 Å². The van der Waals surface area contributed by atoms with Crippen molar-refractivity contribution in [3.8, 4) is 0 Å². The molecule has 19 heavy (non-hydrogen) atoms. The number of hydrogen-bond donors (Lipinski definition) is 2. The molecule has 2 rings (SSSR count). The second-order valence-electron chi connectivity index (χ2n) is 5.23. The van der Waals surface area contributed by atoms with Crippen LogP contribution in [-0.4, -0.2) is 43.0 Å². The van der Waals surface area contributed by atoms with Crippen LogP contribution in [0.5, 0.6) is 0 Å². The molecule has 1 aliphatic rings. The van der Waals surface area contributed by atoms with Crippen molar-refractivity contribution >= 4 is 5.91 Å². The molecule has 1 aliphatic heterocycles. The molecule has 1 heterocycles. The number of carbonyl (C=O) groups excluding carboxylic acids is 1. The molecule has 1 saturated heterocycles. The van der Waals surface area contributed by atoms with Crippen molar-refractivity contribution in [1.29, 1.82) is 0 Å². The average Bonchev–Trinajstić information content (AvgIpc) is 2.86. The van der Waals surface area contributed by atoms with E-state index in [1.807, 2.05) is 13.0 Å². The summed E-state index contributed by atoms with van der Waals surface area (Å²) in [4.78, 5) is 14.2. The minimum Gasteiger partial charge on any atom is -0.351 e. The quantitative estimate of drug-likeness (QED) is 0.830. The molecule has 0 saturated carbocycles. The van der Waals surface area contributed by atoms with Gasteiger partial charge >= 0.3 is 0 Å². The van der Waals surface area contributed by atoms with Crippen molar-refractivity contribution in [2.45, 2.75) is 32.0 Å². The molecule has 0 aromatic heterocycles. The van der Waals surface area contributed by atoms with E-state index in [2.05, 4.69) is 39.8 Å². The number of nitrogens with one attached hydrogen (secondary N) is 2. The van der Waals surface area contributed by atoms with E-state index in [9.17, 15) is 4.79 Å². The van der Waals surface area contributed by atoms with Gasteiger partial charge in [0.15, 0.2) is 0 Å². The van der Waals surface area contributed by atoms with Gasteiger partial charge in [-0.25, -0.2) is 0 Å². The van der Waals surface area contributed by atoms with Crippen molar-refractivity contribution in [3.05, 3.63) is 35.9 Å². The van der Waals surface area contributed by atoms with Crippen LogP contribution in [0.3, 0.4) is 0 Å². The Morgan fingerprint density at radius 3 is 2.84 bits per heavy atom. The highest BCUT2D eigenvalue weighted by atomic mass is 16.2. The van der Waals surface area contributed by atoms with Crippen LogP contribution in [0.1, 0.15) is 18.9 Å². The molecule has 2 unspecified atom stereocenters. The van der Waals surface area contributed by atoms with Crippen LogP contribution >= 0.6 is 0 Å². The summed E-state index contributed by atoms with van der Waals surface area (Å²) in [5.41, 5.74) is 1.33. The van der Waals surface area contributed by atoms with Crippen molar-refractivity contribution in [1.82, 2.24) is 15.5 Å². The first-order chi connectivity index (χ1) is 9.19. The van der Waals surface area contributed by atoms with Crippen molar-refractivity contribution < 1.29 is 4.79 Å². The molecular weight excluding hydrogens is 238 g/mol. The van der Waals surface area contributed by atoms with Crippen molar-refractivity contribution in [2.24, 2.45) is 0 Å². The Bertz CT molecular complexity index is 407. The fraction of sp³-hybridized carbons (Fsp3) is 0.533. The fourth-order valence-electron chi connectivity index (χ4n) is 2.39. The zero-order chi connectivity index (χ0) is 13.7. The highest BCUT2D eigenvalue weighted by Gasteiger charge is 2.24. The third kappa shape index (κ3) is 4.04. The maximum atomic E-state index is 11.8. The molecule has 2 N–H and O–H groups in total. The monoisotopic (exact) mass is 261 g/mol. The number of carbonyl (C=O) groups is 1. The van der Waals surface area contributed by atoms with Gasteiger partial charge in [0.2, 0.25) is 5.91 Å². The predicted molar refractivity (Wildman–Crippen MR) is 76.8 cm³/mol. The Labute approximate surface area is 115 Å². The number of benzene rings is 1. The number of likely N-dealkylation sites (tertiary alicyclic amines) is 1. The maximum absolute atomic E-state index is 11.8. The molecule has 1 aromatic rings. The predicted octanol–water partition coefficient (Wildman–Crippen LogP) is 0.985. The lowest BCUT2D eigenvalue weighted by Crippen LogP contribution is -2.46. The highest BCUT2D eigenvalue weighted by Crippen LogP contribution is 2.13. The fourth-order valence-corrected chi connectivity index (χ4v) is 2.39. The minimum absolute atomic E-state index is 0.0917. The number of amides is 1. The van der Waals surface area contributed by atoms with E-state index in [1.54, 1.807) is 7.05 Å². The smallest absolute Gasteiger partial charge is 0.237 e. The van der Waals surface area contributed by atoms with Crippen molar-refractivity contribution in [2.75, 3.05) is 20.1 Å². The van der Waals surface area contributed by atoms with Gasteiger partial charge in [-0.1, -0.05) is 30.3 Å². The molecule has 4 nitrogen and oxygen atoms in total. The topological polar surface area (TPSA) is 44.4 Å². The summed E-state index contributed by atoms with van der Waals surface area (Å²) in [6.07, 6.45) is 1.04. The molecule has 1 aromatic carbocycles. The van der Waals surface area contributed by atoms with E-state index in [0.29, 0.717) is 0 Å². The van der Waals surface area contributed by atoms with Gasteiger partial charge in [0.1, 0.15) is 0 Å². The van der Waals surface area contributed by atoms with Crippen LogP contribution in [0.15, 0.2) is 30.3 Å².